The summed E-state index contributed by atoms with van der Waals surface area (Å²) < 4.78 is 5.35. The fraction of sp³-hybridized carbons (Fsp3) is 1.00. The van der Waals surface area contributed by atoms with Gasteiger partial charge in [0.2, 0.25) is 0 Å². The molecule has 4 heteroatoms. The monoisotopic (exact) mass is 242 g/mol. The summed E-state index contributed by atoms with van der Waals surface area (Å²) in [6.07, 6.45) is 5.42. The minimum atomic E-state index is 0.133. The van der Waals surface area contributed by atoms with Gasteiger partial charge in [0.1, 0.15) is 0 Å². The number of aliphatic hydroxyl groups is 1. The number of nitrogens with zero attached hydrogens (tertiary/aromatic N) is 1. The maximum atomic E-state index is 8.66. The van der Waals surface area contributed by atoms with Crippen LogP contribution in [0.15, 0.2) is 0 Å². The highest BCUT2D eigenvalue weighted by molar-refractivity contribution is 4.91. The van der Waals surface area contributed by atoms with E-state index in [-0.39, 0.29) is 6.61 Å². The summed E-state index contributed by atoms with van der Waals surface area (Å²) in [7, 11) is 0. The van der Waals surface area contributed by atoms with Crippen molar-refractivity contribution >= 4 is 0 Å². The molecule has 2 fully saturated rings. The molecule has 100 valence electrons. The maximum absolute atomic E-state index is 8.66. The lowest BCUT2D eigenvalue weighted by Gasteiger charge is -2.45. The van der Waals surface area contributed by atoms with Crippen LogP contribution in [0.1, 0.15) is 25.7 Å². The van der Waals surface area contributed by atoms with Gasteiger partial charge >= 0.3 is 0 Å². The third-order valence-corrected chi connectivity index (χ3v) is 4.09. The fourth-order valence-corrected chi connectivity index (χ4v) is 3.24. The van der Waals surface area contributed by atoms with Crippen molar-refractivity contribution in [3.8, 4) is 0 Å². The molecule has 0 aliphatic carbocycles. The van der Waals surface area contributed by atoms with Gasteiger partial charge in [-0.3, -0.25) is 0 Å². The first-order valence-corrected chi connectivity index (χ1v) is 6.96. The first-order valence-electron chi connectivity index (χ1n) is 6.96. The summed E-state index contributed by atoms with van der Waals surface area (Å²) in [4.78, 5) is 2.54. The molecule has 2 heterocycles. The van der Waals surface area contributed by atoms with Gasteiger partial charge < -0.3 is 20.1 Å². The van der Waals surface area contributed by atoms with Gasteiger partial charge in [-0.1, -0.05) is 0 Å². The molecule has 17 heavy (non-hydrogen) atoms. The summed E-state index contributed by atoms with van der Waals surface area (Å²) in [6, 6.07) is 0. The third-order valence-electron chi connectivity index (χ3n) is 4.09. The van der Waals surface area contributed by atoms with E-state index in [0.717, 1.165) is 13.2 Å². The molecule has 2 rings (SSSR count). The Morgan fingerprint density at radius 2 is 2.12 bits per heavy atom. The zero-order valence-corrected chi connectivity index (χ0v) is 10.8. The first kappa shape index (κ1) is 13.3. The smallest absolute Gasteiger partial charge is 0.0698 e. The number of nitrogens with one attached hydrogen (secondary N) is 1. The zero-order valence-electron chi connectivity index (χ0n) is 10.8. The molecule has 0 bridgehead atoms. The standard InChI is InChI=1S/C13H26N2O2/c16-8-10-17-9-7-15-6-2-4-13(12-15)3-1-5-14-11-13/h14,16H,1-12H2. The predicted molar refractivity (Wildman–Crippen MR) is 68.1 cm³/mol. The number of ether oxygens (including phenoxy) is 1. The lowest BCUT2D eigenvalue weighted by Crippen LogP contribution is -2.51. The van der Waals surface area contributed by atoms with E-state index in [1.165, 1.54) is 51.9 Å². The van der Waals surface area contributed by atoms with Crippen molar-refractivity contribution in [3.63, 3.8) is 0 Å². The SMILES string of the molecule is OCCOCCN1CCCC2(CCCNC2)C1. The van der Waals surface area contributed by atoms with E-state index in [1.54, 1.807) is 0 Å². The molecule has 2 aliphatic heterocycles. The van der Waals surface area contributed by atoms with Crippen LogP contribution in [-0.4, -0.2) is 62.6 Å². The van der Waals surface area contributed by atoms with Crippen molar-refractivity contribution in [2.24, 2.45) is 5.41 Å². The molecule has 4 nitrogen and oxygen atoms in total. The summed E-state index contributed by atoms with van der Waals surface area (Å²) in [6.45, 7) is 7.20. The van der Waals surface area contributed by atoms with E-state index in [1.807, 2.05) is 0 Å². The molecule has 1 spiro atoms. The van der Waals surface area contributed by atoms with Gasteiger partial charge in [-0.25, -0.2) is 0 Å². The van der Waals surface area contributed by atoms with Gasteiger partial charge in [0.05, 0.1) is 19.8 Å². The molecular formula is C13H26N2O2. The van der Waals surface area contributed by atoms with E-state index in [9.17, 15) is 0 Å². The zero-order chi connectivity index (χ0) is 12.0. The van der Waals surface area contributed by atoms with Gasteiger partial charge in [-0.2, -0.15) is 0 Å². The van der Waals surface area contributed by atoms with Gasteiger partial charge in [0, 0.05) is 19.6 Å². The second-order valence-corrected chi connectivity index (χ2v) is 5.50. The number of piperidine rings is 2. The van der Waals surface area contributed by atoms with Crippen LogP contribution in [0.25, 0.3) is 0 Å². The average Bonchev–Trinajstić information content (AvgIpc) is 2.36. The Labute approximate surface area is 104 Å². The number of likely N-dealkylation sites (tertiary alicyclic amines) is 1. The number of aliphatic hydroxyl groups excluding tert-OH is 1. The molecule has 2 saturated heterocycles. The minimum absolute atomic E-state index is 0.133. The van der Waals surface area contributed by atoms with Crippen LogP contribution < -0.4 is 5.32 Å². The lowest BCUT2D eigenvalue weighted by atomic mass is 9.74. The van der Waals surface area contributed by atoms with Crippen molar-refractivity contribution in [2.75, 3.05) is 52.5 Å². The summed E-state index contributed by atoms with van der Waals surface area (Å²) in [5.74, 6) is 0. The van der Waals surface area contributed by atoms with Crippen molar-refractivity contribution in [1.29, 1.82) is 0 Å². The Bertz CT molecular complexity index is 212. The second kappa shape index (κ2) is 6.69. The molecule has 0 aromatic rings. The first-order chi connectivity index (χ1) is 8.35. The molecule has 2 N–H and O–H groups in total. The topological polar surface area (TPSA) is 44.7 Å². The Morgan fingerprint density at radius 3 is 2.88 bits per heavy atom. The second-order valence-electron chi connectivity index (χ2n) is 5.50. The van der Waals surface area contributed by atoms with Crippen molar-refractivity contribution in [1.82, 2.24) is 10.2 Å². The van der Waals surface area contributed by atoms with Crippen LogP contribution >= 0.6 is 0 Å². The highest BCUT2D eigenvalue weighted by Crippen LogP contribution is 2.35. The Balaban J connectivity index is 1.72. The molecular weight excluding hydrogens is 216 g/mol. The van der Waals surface area contributed by atoms with Crippen LogP contribution in [0.4, 0.5) is 0 Å². The van der Waals surface area contributed by atoms with Crippen molar-refractivity contribution in [3.05, 3.63) is 0 Å². The van der Waals surface area contributed by atoms with Gasteiger partial charge in [0.15, 0.2) is 0 Å². The minimum Gasteiger partial charge on any atom is -0.394 e. The van der Waals surface area contributed by atoms with Crippen LogP contribution in [0.3, 0.4) is 0 Å². The lowest BCUT2D eigenvalue weighted by molar-refractivity contribution is 0.0302. The highest BCUT2D eigenvalue weighted by atomic mass is 16.5. The number of rotatable bonds is 5. The fourth-order valence-electron chi connectivity index (χ4n) is 3.24. The van der Waals surface area contributed by atoms with Gasteiger partial charge in [0.25, 0.3) is 0 Å². The van der Waals surface area contributed by atoms with Crippen molar-refractivity contribution < 1.29 is 9.84 Å². The summed E-state index contributed by atoms with van der Waals surface area (Å²) in [5.41, 5.74) is 0.535. The van der Waals surface area contributed by atoms with E-state index in [0.29, 0.717) is 12.0 Å². The molecule has 1 unspecified atom stereocenters. The van der Waals surface area contributed by atoms with Crippen LogP contribution in [0.5, 0.6) is 0 Å². The van der Waals surface area contributed by atoms with E-state index >= 15 is 0 Å². The molecule has 0 aromatic heterocycles. The maximum Gasteiger partial charge on any atom is 0.0698 e. The predicted octanol–water partition coefficient (Wildman–Crippen LogP) is 0.461. The summed E-state index contributed by atoms with van der Waals surface area (Å²) >= 11 is 0. The van der Waals surface area contributed by atoms with E-state index in [2.05, 4.69) is 10.2 Å². The quantitative estimate of drug-likeness (QED) is 0.688. The Hall–Kier alpha value is -0.160. The highest BCUT2D eigenvalue weighted by Gasteiger charge is 2.36. The van der Waals surface area contributed by atoms with Crippen molar-refractivity contribution in [2.45, 2.75) is 25.7 Å². The molecule has 1 atom stereocenters. The normalized spacial score (nSPS) is 30.9. The largest absolute Gasteiger partial charge is 0.394 e. The molecule has 2 aliphatic rings. The Kier molecular flexibility index (Phi) is 5.22. The molecule has 0 saturated carbocycles. The van der Waals surface area contributed by atoms with Gasteiger partial charge in [-0.15, -0.1) is 0 Å². The van der Waals surface area contributed by atoms with Crippen LogP contribution in [0, 0.1) is 5.41 Å². The van der Waals surface area contributed by atoms with Crippen LogP contribution in [-0.2, 0) is 4.74 Å². The molecule has 0 amide bonds. The van der Waals surface area contributed by atoms with Crippen LogP contribution in [0.2, 0.25) is 0 Å². The average molecular weight is 242 g/mol. The number of hydrogen-bond donors (Lipinski definition) is 2. The summed E-state index contributed by atoms with van der Waals surface area (Å²) in [5, 5.41) is 12.2. The van der Waals surface area contributed by atoms with Gasteiger partial charge in [-0.05, 0) is 44.2 Å². The molecule has 0 radical (unpaired) electrons. The molecule has 0 aromatic carbocycles. The van der Waals surface area contributed by atoms with E-state index < -0.39 is 0 Å². The van der Waals surface area contributed by atoms with E-state index in [4.69, 9.17) is 9.84 Å². The Morgan fingerprint density at radius 1 is 1.24 bits per heavy atom. The number of hydrogen-bond acceptors (Lipinski definition) is 4. The third kappa shape index (κ3) is 3.91.